The van der Waals surface area contributed by atoms with E-state index in [-0.39, 0.29) is 18.4 Å². The third kappa shape index (κ3) is 5.80. The van der Waals surface area contributed by atoms with Crippen LogP contribution < -0.4 is 15.4 Å². The molecule has 2 N–H and O–H groups in total. The van der Waals surface area contributed by atoms with Gasteiger partial charge in [0.05, 0.1) is 17.7 Å². The van der Waals surface area contributed by atoms with Gasteiger partial charge >= 0.3 is 0 Å². The smallest absolute Gasteiger partial charge is 0.251 e. The fourth-order valence-electron chi connectivity index (χ4n) is 2.19. The number of ether oxygens (including phenoxy) is 1. The number of halogens is 1. The predicted molar refractivity (Wildman–Crippen MR) is 105 cm³/mol. The molecule has 3 rings (SSSR count). The van der Waals surface area contributed by atoms with Crippen LogP contribution in [0.3, 0.4) is 0 Å². The van der Waals surface area contributed by atoms with E-state index in [0.717, 1.165) is 5.69 Å². The van der Waals surface area contributed by atoms with E-state index < -0.39 is 0 Å². The maximum atomic E-state index is 12.3. The fraction of sp³-hybridized carbons (Fsp3) is 0.105. The molecule has 0 saturated carbocycles. The van der Waals surface area contributed by atoms with Gasteiger partial charge in [0.25, 0.3) is 5.91 Å². The number of carbonyl (C=O) groups excluding carboxylic acids is 2. The number of benzene rings is 2. The summed E-state index contributed by atoms with van der Waals surface area (Å²) < 4.78 is 5.63. The molecule has 2 aromatic carbocycles. The van der Waals surface area contributed by atoms with Crippen LogP contribution in [0.4, 0.5) is 5.69 Å². The van der Waals surface area contributed by atoms with Crippen LogP contribution >= 0.6 is 22.9 Å². The first kappa shape index (κ1) is 18.9. The molecule has 3 aromatic rings. The molecule has 0 atom stereocenters. The predicted octanol–water partition coefficient (Wildman–Crippen LogP) is 3.74. The van der Waals surface area contributed by atoms with Gasteiger partial charge in [0, 0.05) is 21.7 Å². The Labute approximate surface area is 165 Å². The van der Waals surface area contributed by atoms with Crippen molar-refractivity contribution in [2.24, 2.45) is 0 Å². The fourth-order valence-corrected chi connectivity index (χ4v) is 2.86. The zero-order valence-corrected chi connectivity index (χ0v) is 15.7. The topological polar surface area (TPSA) is 80.3 Å². The summed E-state index contributed by atoms with van der Waals surface area (Å²) in [5.74, 6) is -0.136. The summed E-state index contributed by atoms with van der Waals surface area (Å²) >= 11 is 7.29. The van der Waals surface area contributed by atoms with Gasteiger partial charge in [-0.1, -0.05) is 17.7 Å². The van der Waals surface area contributed by atoms with E-state index >= 15 is 0 Å². The van der Waals surface area contributed by atoms with Gasteiger partial charge < -0.3 is 15.4 Å². The van der Waals surface area contributed by atoms with Crippen molar-refractivity contribution in [3.8, 4) is 5.75 Å². The lowest BCUT2D eigenvalue weighted by Crippen LogP contribution is -2.32. The molecule has 0 saturated heterocycles. The minimum absolute atomic E-state index is 0.147. The number of thiazole rings is 1. The van der Waals surface area contributed by atoms with E-state index in [1.165, 1.54) is 11.3 Å². The summed E-state index contributed by atoms with van der Waals surface area (Å²) in [6.45, 7) is 0.184. The first-order valence-electron chi connectivity index (χ1n) is 8.04. The van der Waals surface area contributed by atoms with Gasteiger partial charge in [-0.3, -0.25) is 9.59 Å². The summed E-state index contributed by atoms with van der Waals surface area (Å²) in [6.07, 6.45) is 0. The summed E-state index contributed by atoms with van der Waals surface area (Å²) in [4.78, 5) is 28.3. The van der Waals surface area contributed by atoms with Gasteiger partial charge in [-0.15, -0.1) is 11.3 Å². The van der Waals surface area contributed by atoms with Gasteiger partial charge in [-0.25, -0.2) is 4.98 Å². The Hall–Kier alpha value is -2.90. The second-order valence-electron chi connectivity index (χ2n) is 5.53. The van der Waals surface area contributed by atoms with Gasteiger partial charge in [0.15, 0.2) is 0 Å². The van der Waals surface area contributed by atoms with Crippen molar-refractivity contribution in [3.05, 3.63) is 75.7 Å². The van der Waals surface area contributed by atoms with E-state index in [0.29, 0.717) is 28.6 Å². The number of aromatic nitrogens is 1. The van der Waals surface area contributed by atoms with E-state index in [1.807, 2.05) is 5.38 Å². The first-order valence-corrected chi connectivity index (χ1v) is 9.36. The zero-order chi connectivity index (χ0) is 19.1. The van der Waals surface area contributed by atoms with E-state index in [4.69, 9.17) is 16.3 Å². The van der Waals surface area contributed by atoms with Crippen LogP contribution in [0.2, 0.25) is 5.02 Å². The molecule has 0 fully saturated rings. The van der Waals surface area contributed by atoms with Crippen LogP contribution in [0.1, 0.15) is 16.1 Å². The Morgan fingerprint density at radius 3 is 2.70 bits per heavy atom. The molecule has 27 heavy (non-hydrogen) atoms. The third-order valence-electron chi connectivity index (χ3n) is 3.50. The maximum Gasteiger partial charge on any atom is 0.251 e. The van der Waals surface area contributed by atoms with Crippen molar-refractivity contribution >= 4 is 40.4 Å². The SMILES string of the molecule is O=C(CNC(=O)c1cccc(OCc2cscn2)c1)Nc1ccc(Cl)cc1. The van der Waals surface area contributed by atoms with Crippen LogP contribution in [-0.4, -0.2) is 23.3 Å². The quantitative estimate of drug-likeness (QED) is 0.632. The molecule has 0 spiro atoms. The highest BCUT2D eigenvalue weighted by molar-refractivity contribution is 7.07. The number of nitrogens with zero attached hydrogens (tertiary/aromatic N) is 1. The number of hydrogen-bond acceptors (Lipinski definition) is 5. The minimum Gasteiger partial charge on any atom is -0.487 e. The molecule has 1 aromatic heterocycles. The average Bonchev–Trinajstić information content (AvgIpc) is 3.20. The summed E-state index contributed by atoms with van der Waals surface area (Å²) in [6, 6.07) is 13.5. The molecular weight excluding hydrogens is 386 g/mol. The largest absolute Gasteiger partial charge is 0.487 e. The highest BCUT2D eigenvalue weighted by Crippen LogP contribution is 2.16. The highest BCUT2D eigenvalue weighted by Gasteiger charge is 2.10. The second-order valence-corrected chi connectivity index (χ2v) is 6.69. The van der Waals surface area contributed by atoms with Crippen LogP contribution in [0, 0.1) is 0 Å². The van der Waals surface area contributed by atoms with Crippen molar-refractivity contribution in [1.82, 2.24) is 10.3 Å². The van der Waals surface area contributed by atoms with Crippen LogP contribution in [0.5, 0.6) is 5.75 Å². The van der Waals surface area contributed by atoms with Gasteiger partial charge in [0.1, 0.15) is 12.4 Å². The molecule has 0 bridgehead atoms. The lowest BCUT2D eigenvalue weighted by Gasteiger charge is -2.09. The number of hydrogen-bond donors (Lipinski definition) is 2. The standard InChI is InChI=1S/C19H16ClN3O3S/c20-14-4-6-15(7-5-14)23-18(24)9-21-19(25)13-2-1-3-17(8-13)26-10-16-11-27-12-22-16/h1-8,11-12H,9-10H2,(H,21,25)(H,23,24). The van der Waals surface area contributed by atoms with Gasteiger partial charge in [-0.05, 0) is 42.5 Å². The Kier molecular flexibility index (Phi) is 6.40. The molecule has 0 unspecified atom stereocenters. The molecule has 2 amide bonds. The van der Waals surface area contributed by atoms with E-state index in [1.54, 1.807) is 54.0 Å². The molecule has 138 valence electrons. The molecule has 8 heteroatoms. The lowest BCUT2D eigenvalue weighted by molar-refractivity contribution is -0.115. The monoisotopic (exact) mass is 401 g/mol. The van der Waals surface area contributed by atoms with Crippen LogP contribution in [-0.2, 0) is 11.4 Å². The first-order chi connectivity index (χ1) is 13.1. The average molecular weight is 402 g/mol. The number of amides is 2. The third-order valence-corrected chi connectivity index (χ3v) is 4.39. The lowest BCUT2D eigenvalue weighted by atomic mass is 10.2. The second kappa shape index (κ2) is 9.16. The molecule has 0 radical (unpaired) electrons. The van der Waals surface area contributed by atoms with Crippen molar-refractivity contribution in [1.29, 1.82) is 0 Å². The number of carbonyl (C=O) groups is 2. The summed E-state index contributed by atoms with van der Waals surface area (Å²) in [7, 11) is 0. The number of rotatable bonds is 7. The molecular formula is C19H16ClN3O3S. The van der Waals surface area contributed by atoms with Crippen molar-refractivity contribution in [2.75, 3.05) is 11.9 Å². The molecule has 0 aliphatic rings. The van der Waals surface area contributed by atoms with E-state index in [2.05, 4.69) is 15.6 Å². The maximum absolute atomic E-state index is 12.3. The summed E-state index contributed by atoms with van der Waals surface area (Å²) in [5.41, 5.74) is 3.58. The van der Waals surface area contributed by atoms with Crippen LogP contribution in [0.15, 0.2) is 59.4 Å². The molecule has 0 aliphatic heterocycles. The molecule has 6 nitrogen and oxygen atoms in total. The zero-order valence-electron chi connectivity index (χ0n) is 14.1. The molecule has 1 heterocycles. The Morgan fingerprint density at radius 1 is 1.15 bits per heavy atom. The molecule has 0 aliphatic carbocycles. The highest BCUT2D eigenvalue weighted by atomic mass is 35.5. The van der Waals surface area contributed by atoms with Gasteiger partial charge in [0.2, 0.25) is 5.91 Å². The Balaban J connectivity index is 1.50. The van der Waals surface area contributed by atoms with Crippen molar-refractivity contribution in [2.45, 2.75) is 6.61 Å². The van der Waals surface area contributed by atoms with Crippen molar-refractivity contribution in [3.63, 3.8) is 0 Å². The van der Waals surface area contributed by atoms with E-state index in [9.17, 15) is 9.59 Å². The van der Waals surface area contributed by atoms with Crippen LogP contribution in [0.25, 0.3) is 0 Å². The summed E-state index contributed by atoms with van der Waals surface area (Å²) in [5, 5.41) is 7.74. The number of anilines is 1. The van der Waals surface area contributed by atoms with Crippen molar-refractivity contribution < 1.29 is 14.3 Å². The Morgan fingerprint density at radius 2 is 1.96 bits per heavy atom. The normalized spacial score (nSPS) is 10.3. The Bertz CT molecular complexity index is 914. The number of nitrogens with one attached hydrogen (secondary N) is 2. The minimum atomic E-state index is -0.361. The van der Waals surface area contributed by atoms with Gasteiger partial charge in [-0.2, -0.15) is 0 Å².